The molecule has 1 aromatic carbocycles. The normalized spacial score (nSPS) is 13.7. The van der Waals surface area contributed by atoms with Gasteiger partial charge in [0, 0.05) is 15.8 Å². The van der Waals surface area contributed by atoms with Gasteiger partial charge < -0.3 is 0 Å². The molecule has 0 heterocycles. The first-order chi connectivity index (χ1) is 8.92. The molecule has 1 N–H and O–H groups in total. The van der Waals surface area contributed by atoms with Gasteiger partial charge in [-0.1, -0.05) is 54.8 Å². The van der Waals surface area contributed by atoms with E-state index >= 15 is 0 Å². The van der Waals surface area contributed by atoms with Gasteiger partial charge in [0.05, 0.1) is 4.90 Å². The summed E-state index contributed by atoms with van der Waals surface area (Å²) in [6, 6.07) is 6.82. The number of nitrogens with one attached hydrogen (secondary N) is 1. The fraction of sp³-hybridized carbons (Fsp3) is 0.538. The Hall–Kier alpha value is 0.0900. The molecule has 0 aliphatic heterocycles. The molecule has 0 aromatic heterocycles. The number of hydrogen-bond acceptors (Lipinski definition) is 2. The maximum absolute atomic E-state index is 12.2. The van der Waals surface area contributed by atoms with Crippen molar-refractivity contribution < 1.29 is 8.42 Å². The van der Waals surface area contributed by atoms with Crippen LogP contribution in [0.2, 0.25) is 0 Å². The van der Waals surface area contributed by atoms with Crippen molar-refractivity contribution in [2.24, 2.45) is 5.92 Å². The van der Waals surface area contributed by atoms with E-state index in [0.29, 0.717) is 16.9 Å². The van der Waals surface area contributed by atoms with Crippen molar-refractivity contribution in [2.75, 3.05) is 6.54 Å². The van der Waals surface area contributed by atoms with E-state index in [0.717, 1.165) is 12.8 Å². The van der Waals surface area contributed by atoms with Gasteiger partial charge in [-0.05, 0) is 34.0 Å². The van der Waals surface area contributed by atoms with Crippen molar-refractivity contribution in [3.05, 3.63) is 28.7 Å². The van der Waals surface area contributed by atoms with Gasteiger partial charge in [0.25, 0.3) is 0 Å². The van der Waals surface area contributed by atoms with Gasteiger partial charge in [0.15, 0.2) is 0 Å². The maximum Gasteiger partial charge on any atom is 0.241 e. The Kier molecular flexibility index (Phi) is 7.00. The van der Waals surface area contributed by atoms with Crippen molar-refractivity contribution in [3.8, 4) is 0 Å². The fourth-order valence-electron chi connectivity index (χ4n) is 1.90. The first-order valence-corrected chi connectivity index (χ1v) is 9.49. The number of alkyl halides is 1. The second-order valence-electron chi connectivity index (χ2n) is 4.37. The summed E-state index contributed by atoms with van der Waals surface area (Å²) >= 11 is 6.83. The molecule has 0 amide bonds. The van der Waals surface area contributed by atoms with Crippen LogP contribution in [0, 0.1) is 5.92 Å². The molecule has 0 spiro atoms. The van der Waals surface area contributed by atoms with E-state index in [4.69, 9.17) is 0 Å². The summed E-state index contributed by atoms with van der Waals surface area (Å²) in [5.41, 5.74) is 0. The van der Waals surface area contributed by atoms with Crippen molar-refractivity contribution in [1.82, 2.24) is 4.72 Å². The molecule has 108 valence electrons. The van der Waals surface area contributed by atoms with E-state index in [1.807, 2.05) is 0 Å². The highest BCUT2D eigenvalue weighted by atomic mass is 79.9. The Morgan fingerprint density at radius 1 is 1.21 bits per heavy atom. The first kappa shape index (κ1) is 17.1. The van der Waals surface area contributed by atoms with Gasteiger partial charge in [-0.25, -0.2) is 13.1 Å². The van der Waals surface area contributed by atoms with Crippen molar-refractivity contribution in [2.45, 2.75) is 36.4 Å². The molecular formula is C13H19Br2NO2S. The van der Waals surface area contributed by atoms with Crippen LogP contribution in [0.15, 0.2) is 33.6 Å². The predicted molar refractivity (Wildman–Crippen MR) is 86.1 cm³/mol. The van der Waals surface area contributed by atoms with Gasteiger partial charge in [-0.2, -0.15) is 0 Å². The molecule has 0 fully saturated rings. The minimum absolute atomic E-state index is 0.153. The second-order valence-corrected chi connectivity index (χ2v) is 8.14. The maximum atomic E-state index is 12.2. The average Bonchev–Trinajstić information content (AvgIpc) is 2.38. The Labute approximate surface area is 132 Å². The molecule has 6 heteroatoms. The van der Waals surface area contributed by atoms with Crippen LogP contribution in [-0.4, -0.2) is 19.8 Å². The average molecular weight is 413 g/mol. The summed E-state index contributed by atoms with van der Waals surface area (Å²) in [5, 5.41) is 0. The van der Waals surface area contributed by atoms with Crippen molar-refractivity contribution >= 4 is 41.9 Å². The summed E-state index contributed by atoms with van der Waals surface area (Å²) in [6.45, 7) is 4.63. The highest BCUT2D eigenvalue weighted by Crippen LogP contribution is 2.23. The van der Waals surface area contributed by atoms with Crippen molar-refractivity contribution in [1.29, 1.82) is 0 Å². The monoisotopic (exact) mass is 411 g/mol. The lowest BCUT2D eigenvalue weighted by molar-refractivity contribution is 0.471. The van der Waals surface area contributed by atoms with E-state index in [9.17, 15) is 8.42 Å². The number of sulfonamides is 1. The Morgan fingerprint density at radius 3 is 2.32 bits per heavy atom. The third-order valence-corrected chi connectivity index (χ3v) is 6.66. The van der Waals surface area contributed by atoms with Crippen LogP contribution in [0.25, 0.3) is 0 Å². The lowest BCUT2D eigenvalue weighted by Crippen LogP contribution is -2.33. The Morgan fingerprint density at radius 2 is 1.79 bits per heavy atom. The molecular weight excluding hydrogens is 394 g/mol. The molecule has 0 saturated carbocycles. The van der Waals surface area contributed by atoms with Gasteiger partial charge in [-0.3, -0.25) is 0 Å². The Bertz CT molecular complexity index is 501. The quantitative estimate of drug-likeness (QED) is 0.689. The standard InChI is InChI=1S/C13H19Br2NO2S/c1-3-10(4-2)12(15)9-16-19(17,18)13-8-6-5-7-11(13)14/h5-8,10,12,16H,3-4,9H2,1-2H3. The zero-order valence-electron chi connectivity index (χ0n) is 11.1. The van der Waals surface area contributed by atoms with Crippen LogP contribution in [0.3, 0.4) is 0 Å². The highest BCUT2D eigenvalue weighted by Gasteiger charge is 2.21. The summed E-state index contributed by atoms with van der Waals surface area (Å²) in [5.74, 6) is 0.474. The summed E-state index contributed by atoms with van der Waals surface area (Å²) in [6.07, 6.45) is 2.06. The molecule has 3 nitrogen and oxygen atoms in total. The molecule has 0 saturated heterocycles. The molecule has 1 aromatic rings. The molecule has 19 heavy (non-hydrogen) atoms. The number of hydrogen-bond donors (Lipinski definition) is 1. The number of halogens is 2. The SMILES string of the molecule is CCC(CC)C(Br)CNS(=O)(=O)c1ccccc1Br. The van der Waals surface area contributed by atoms with Crippen LogP contribution in [0.5, 0.6) is 0 Å². The number of benzene rings is 1. The van der Waals surface area contributed by atoms with E-state index < -0.39 is 10.0 Å². The van der Waals surface area contributed by atoms with Crippen LogP contribution in [-0.2, 0) is 10.0 Å². The van der Waals surface area contributed by atoms with E-state index in [-0.39, 0.29) is 9.72 Å². The summed E-state index contributed by atoms with van der Waals surface area (Å²) < 4.78 is 27.6. The zero-order valence-corrected chi connectivity index (χ0v) is 15.1. The molecule has 0 bridgehead atoms. The van der Waals surface area contributed by atoms with Crippen molar-refractivity contribution in [3.63, 3.8) is 0 Å². The third-order valence-electron chi connectivity index (χ3n) is 3.15. The second kappa shape index (κ2) is 7.76. The minimum atomic E-state index is -3.46. The molecule has 1 atom stereocenters. The van der Waals surface area contributed by atoms with Gasteiger partial charge in [0.2, 0.25) is 10.0 Å². The van der Waals surface area contributed by atoms with E-state index in [2.05, 4.69) is 50.4 Å². The van der Waals surface area contributed by atoms with Crippen LogP contribution < -0.4 is 4.72 Å². The highest BCUT2D eigenvalue weighted by molar-refractivity contribution is 9.10. The largest absolute Gasteiger partial charge is 0.241 e. The zero-order chi connectivity index (χ0) is 14.5. The van der Waals surface area contributed by atoms with Gasteiger partial charge in [-0.15, -0.1) is 0 Å². The van der Waals surface area contributed by atoms with Gasteiger partial charge in [0.1, 0.15) is 0 Å². The first-order valence-electron chi connectivity index (χ1n) is 6.30. The molecule has 0 aliphatic carbocycles. The molecule has 0 radical (unpaired) electrons. The molecule has 1 unspecified atom stereocenters. The predicted octanol–water partition coefficient (Wildman–Crippen LogP) is 3.93. The lowest BCUT2D eigenvalue weighted by Gasteiger charge is -2.20. The summed E-state index contributed by atoms with van der Waals surface area (Å²) in [7, 11) is -3.46. The van der Waals surface area contributed by atoms with E-state index in [1.54, 1.807) is 24.3 Å². The van der Waals surface area contributed by atoms with Gasteiger partial charge >= 0.3 is 0 Å². The van der Waals surface area contributed by atoms with Crippen LogP contribution in [0.4, 0.5) is 0 Å². The fourth-order valence-corrected chi connectivity index (χ4v) is 5.08. The lowest BCUT2D eigenvalue weighted by atomic mass is 10.00. The molecule has 1 rings (SSSR count). The molecule has 0 aliphatic rings. The van der Waals surface area contributed by atoms with Crippen LogP contribution in [0.1, 0.15) is 26.7 Å². The summed E-state index contributed by atoms with van der Waals surface area (Å²) in [4.78, 5) is 0.430. The smallest absolute Gasteiger partial charge is 0.210 e. The van der Waals surface area contributed by atoms with Crippen LogP contribution >= 0.6 is 31.9 Å². The number of rotatable bonds is 7. The topological polar surface area (TPSA) is 46.2 Å². The Balaban J connectivity index is 2.74. The van der Waals surface area contributed by atoms with E-state index in [1.165, 1.54) is 0 Å². The third kappa shape index (κ3) is 4.85. The minimum Gasteiger partial charge on any atom is -0.210 e.